The highest BCUT2D eigenvalue weighted by Crippen LogP contribution is 2.31. The normalized spacial score (nSPS) is 12.9. The lowest BCUT2D eigenvalue weighted by molar-refractivity contribution is 0.0952. The first kappa shape index (κ1) is 24.4. The third-order valence-corrected chi connectivity index (χ3v) is 5.91. The highest BCUT2D eigenvalue weighted by Gasteiger charge is 2.22. The molecule has 0 spiro atoms. The quantitative estimate of drug-likeness (QED) is 0.332. The van der Waals surface area contributed by atoms with E-state index in [2.05, 4.69) is 57.3 Å². The number of benzene rings is 1. The molecule has 1 aliphatic heterocycles. The van der Waals surface area contributed by atoms with Crippen molar-refractivity contribution in [1.29, 1.82) is 0 Å². The lowest BCUT2D eigenvalue weighted by atomic mass is 10.1. The molecule has 38 heavy (non-hydrogen) atoms. The molecule has 12 heteroatoms. The second kappa shape index (κ2) is 11.2. The van der Waals surface area contributed by atoms with E-state index in [-0.39, 0.29) is 23.9 Å². The second-order valence-electron chi connectivity index (χ2n) is 8.32. The summed E-state index contributed by atoms with van der Waals surface area (Å²) in [4.78, 5) is 25.1. The SMILES string of the molecule is Nc1nnc(-c2ccccc2O)cc1N1CCN(c2ccnc(C#CCNC(=O)c3cccnn3)n2)CC1. The van der Waals surface area contributed by atoms with Gasteiger partial charge in [-0.1, -0.05) is 18.1 Å². The van der Waals surface area contributed by atoms with Crippen molar-refractivity contribution in [3.63, 3.8) is 0 Å². The predicted molar refractivity (Wildman–Crippen MR) is 141 cm³/mol. The van der Waals surface area contributed by atoms with Crippen LogP contribution in [0, 0.1) is 11.8 Å². The van der Waals surface area contributed by atoms with Gasteiger partial charge in [0.05, 0.1) is 17.9 Å². The lowest BCUT2D eigenvalue weighted by Gasteiger charge is -2.36. The van der Waals surface area contributed by atoms with Crippen molar-refractivity contribution in [1.82, 2.24) is 35.7 Å². The fourth-order valence-corrected chi connectivity index (χ4v) is 3.99. The lowest BCUT2D eigenvalue weighted by Crippen LogP contribution is -2.47. The molecule has 1 saturated heterocycles. The number of carbonyl (C=O) groups is 1. The Morgan fingerprint density at radius 3 is 2.61 bits per heavy atom. The molecule has 1 fully saturated rings. The molecule has 1 amide bonds. The van der Waals surface area contributed by atoms with E-state index in [1.165, 1.54) is 6.20 Å². The molecule has 0 atom stereocenters. The van der Waals surface area contributed by atoms with Crippen LogP contribution in [0.3, 0.4) is 0 Å². The van der Waals surface area contributed by atoms with Gasteiger partial charge in [-0.05, 0) is 42.3 Å². The van der Waals surface area contributed by atoms with Gasteiger partial charge in [-0.3, -0.25) is 4.79 Å². The Bertz CT molecular complexity index is 1490. The van der Waals surface area contributed by atoms with E-state index >= 15 is 0 Å². The minimum absolute atomic E-state index is 0.131. The Morgan fingerprint density at radius 2 is 1.82 bits per heavy atom. The number of nitrogens with zero attached hydrogens (tertiary/aromatic N) is 8. The standard InChI is InChI=1S/C26H24N10O2/c27-25-21(17-20(33-34-25)18-5-1-2-7-22(18)37)35-13-15-36(16-14-35)24-9-12-28-23(31-24)8-4-10-29-26(38)19-6-3-11-30-32-19/h1-3,5-7,9,11-12,17,37H,10,13-16H2,(H2,27,34)(H,29,38). The maximum absolute atomic E-state index is 12.0. The number of amides is 1. The summed E-state index contributed by atoms with van der Waals surface area (Å²) in [6.07, 6.45) is 3.17. The highest BCUT2D eigenvalue weighted by atomic mass is 16.3. The Labute approximate surface area is 218 Å². The van der Waals surface area contributed by atoms with Crippen LogP contribution in [0.25, 0.3) is 11.3 Å². The van der Waals surface area contributed by atoms with Gasteiger partial charge in [-0.15, -0.1) is 15.3 Å². The van der Waals surface area contributed by atoms with Crippen molar-refractivity contribution >= 4 is 23.2 Å². The largest absolute Gasteiger partial charge is 0.507 e. The number of anilines is 3. The molecular formula is C26H24N10O2. The molecule has 0 bridgehead atoms. The van der Waals surface area contributed by atoms with Crippen molar-refractivity contribution in [2.24, 2.45) is 0 Å². The van der Waals surface area contributed by atoms with Crippen molar-refractivity contribution in [2.75, 3.05) is 48.3 Å². The first-order valence-electron chi connectivity index (χ1n) is 11.9. The first-order valence-corrected chi connectivity index (χ1v) is 11.9. The number of phenolic OH excluding ortho intramolecular Hbond substituents is 1. The van der Waals surface area contributed by atoms with Gasteiger partial charge in [0, 0.05) is 44.1 Å². The van der Waals surface area contributed by atoms with E-state index in [0.717, 1.165) is 11.5 Å². The van der Waals surface area contributed by atoms with E-state index < -0.39 is 0 Å². The van der Waals surface area contributed by atoms with E-state index in [0.29, 0.717) is 49.1 Å². The maximum atomic E-state index is 12.0. The molecule has 4 N–H and O–H groups in total. The molecular weight excluding hydrogens is 484 g/mol. The summed E-state index contributed by atoms with van der Waals surface area (Å²) < 4.78 is 0. The molecule has 4 aromatic rings. The van der Waals surface area contributed by atoms with Gasteiger partial charge in [-0.25, -0.2) is 9.97 Å². The molecule has 3 aromatic heterocycles. The molecule has 12 nitrogen and oxygen atoms in total. The molecule has 1 aliphatic rings. The number of aromatic hydroxyl groups is 1. The third kappa shape index (κ3) is 5.57. The maximum Gasteiger partial charge on any atom is 0.272 e. The van der Waals surface area contributed by atoms with Crippen LogP contribution in [0.1, 0.15) is 16.3 Å². The number of nitrogens with two attached hydrogens (primary N) is 1. The number of nitrogens with one attached hydrogen (secondary N) is 1. The van der Waals surface area contributed by atoms with Crippen molar-refractivity contribution in [3.8, 4) is 28.8 Å². The zero-order valence-electron chi connectivity index (χ0n) is 20.3. The molecule has 0 aliphatic carbocycles. The number of nitrogen functional groups attached to an aromatic ring is 1. The summed E-state index contributed by atoms with van der Waals surface area (Å²) in [5.74, 6) is 7.01. The van der Waals surface area contributed by atoms with Crippen LogP contribution < -0.4 is 20.9 Å². The van der Waals surface area contributed by atoms with Crippen molar-refractivity contribution in [2.45, 2.75) is 0 Å². The smallest absolute Gasteiger partial charge is 0.272 e. The summed E-state index contributed by atoms with van der Waals surface area (Å²) >= 11 is 0. The van der Waals surface area contributed by atoms with Crippen LogP contribution >= 0.6 is 0 Å². The number of rotatable bonds is 5. The topological polar surface area (TPSA) is 159 Å². The average molecular weight is 509 g/mol. The fourth-order valence-electron chi connectivity index (χ4n) is 3.99. The minimum Gasteiger partial charge on any atom is -0.507 e. The number of hydrogen-bond acceptors (Lipinski definition) is 11. The van der Waals surface area contributed by atoms with Crippen LogP contribution in [0.4, 0.5) is 17.3 Å². The van der Waals surface area contributed by atoms with Gasteiger partial charge in [-0.2, -0.15) is 5.10 Å². The molecule has 1 aromatic carbocycles. The molecule has 0 unspecified atom stereocenters. The Hall–Kier alpha value is -5.31. The van der Waals surface area contributed by atoms with Gasteiger partial charge in [0.25, 0.3) is 5.91 Å². The zero-order valence-corrected chi connectivity index (χ0v) is 20.3. The van der Waals surface area contributed by atoms with Crippen LogP contribution in [-0.2, 0) is 0 Å². The van der Waals surface area contributed by atoms with Crippen LogP contribution in [0.2, 0.25) is 0 Å². The number of aromatic nitrogens is 6. The molecule has 0 radical (unpaired) electrons. The van der Waals surface area contributed by atoms with Gasteiger partial charge in [0.1, 0.15) is 11.6 Å². The number of para-hydroxylation sites is 1. The molecule has 5 rings (SSSR count). The van der Waals surface area contributed by atoms with Crippen LogP contribution in [0.15, 0.2) is 60.9 Å². The van der Waals surface area contributed by atoms with Crippen molar-refractivity contribution in [3.05, 3.63) is 72.4 Å². The number of carbonyl (C=O) groups excluding carboxylic acids is 1. The van der Waals surface area contributed by atoms with Crippen molar-refractivity contribution < 1.29 is 9.90 Å². The summed E-state index contributed by atoms with van der Waals surface area (Å²) in [6, 6.07) is 13.9. The summed E-state index contributed by atoms with van der Waals surface area (Å²) in [5, 5.41) is 28.6. The van der Waals surface area contributed by atoms with E-state index in [4.69, 9.17) is 5.73 Å². The van der Waals surface area contributed by atoms with E-state index in [1.807, 2.05) is 18.2 Å². The Balaban J connectivity index is 1.20. The van der Waals surface area contributed by atoms with Gasteiger partial charge in [0.2, 0.25) is 5.82 Å². The van der Waals surface area contributed by atoms with Gasteiger partial charge >= 0.3 is 0 Å². The summed E-state index contributed by atoms with van der Waals surface area (Å²) in [7, 11) is 0. The van der Waals surface area contributed by atoms with Gasteiger partial charge < -0.3 is 26.0 Å². The zero-order chi connectivity index (χ0) is 26.3. The molecule has 190 valence electrons. The summed E-state index contributed by atoms with van der Waals surface area (Å²) in [6.45, 7) is 2.91. The fraction of sp³-hybridized carbons (Fsp3) is 0.192. The average Bonchev–Trinajstić information content (AvgIpc) is 2.97. The summed E-state index contributed by atoms with van der Waals surface area (Å²) in [5.41, 5.74) is 8.31. The van der Waals surface area contributed by atoms with E-state index in [1.54, 1.807) is 36.5 Å². The second-order valence-corrected chi connectivity index (χ2v) is 8.32. The minimum atomic E-state index is -0.349. The monoisotopic (exact) mass is 508 g/mol. The van der Waals surface area contributed by atoms with Crippen LogP contribution in [0.5, 0.6) is 5.75 Å². The van der Waals surface area contributed by atoms with Crippen LogP contribution in [-0.4, -0.2) is 74.1 Å². The number of piperazine rings is 1. The Morgan fingerprint density at radius 1 is 1.00 bits per heavy atom. The highest BCUT2D eigenvalue weighted by molar-refractivity contribution is 5.92. The molecule has 0 saturated carbocycles. The first-order chi connectivity index (χ1) is 18.6. The predicted octanol–water partition coefficient (Wildman–Crippen LogP) is 1.12. The van der Waals surface area contributed by atoms with E-state index in [9.17, 15) is 9.90 Å². The number of phenols is 1. The number of hydrogen-bond donors (Lipinski definition) is 3. The third-order valence-electron chi connectivity index (χ3n) is 5.91. The Kier molecular flexibility index (Phi) is 7.17. The van der Waals surface area contributed by atoms with Gasteiger partial charge in [0.15, 0.2) is 11.5 Å². The molecule has 4 heterocycles.